The van der Waals surface area contributed by atoms with Gasteiger partial charge in [0.2, 0.25) is 0 Å². The maximum atomic E-state index is 12.5. The van der Waals surface area contributed by atoms with E-state index in [4.69, 9.17) is 13.7 Å². The lowest BCUT2D eigenvalue weighted by atomic mass is 10.2. The van der Waals surface area contributed by atoms with Crippen molar-refractivity contribution in [3.05, 3.63) is 52.3 Å². The number of hydrogen-bond acceptors (Lipinski definition) is 8. The molecule has 0 N–H and O–H groups in total. The van der Waals surface area contributed by atoms with Crippen LogP contribution >= 0.6 is 0 Å². The first-order valence-electron chi connectivity index (χ1n) is 9.24. The number of imidazole rings is 1. The van der Waals surface area contributed by atoms with Gasteiger partial charge in [0.1, 0.15) is 25.0 Å². The Kier molecular flexibility index (Phi) is 6.96. The van der Waals surface area contributed by atoms with Crippen molar-refractivity contribution in [2.24, 2.45) is 0 Å². The van der Waals surface area contributed by atoms with Crippen LogP contribution in [0.1, 0.15) is 24.8 Å². The van der Waals surface area contributed by atoms with Gasteiger partial charge in [0.25, 0.3) is 10.1 Å². The third-order valence-electron chi connectivity index (χ3n) is 4.46. The van der Waals surface area contributed by atoms with Crippen molar-refractivity contribution in [3.8, 4) is 0 Å². The van der Waals surface area contributed by atoms with Gasteiger partial charge in [-0.05, 0) is 43.2 Å². The number of nitro groups is 1. The Bertz CT molecular complexity index is 921. The average Bonchev–Trinajstić information content (AvgIpc) is 3.16. The summed E-state index contributed by atoms with van der Waals surface area (Å²) in [5.41, 5.74) is 0.923. The minimum absolute atomic E-state index is 0.000406. The van der Waals surface area contributed by atoms with Crippen molar-refractivity contribution < 1.29 is 27.0 Å². The monoisotopic (exact) mass is 425 g/mol. The largest absolute Gasteiger partial charge is 0.434 e. The molecule has 1 saturated heterocycles. The average molecular weight is 425 g/mol. The summed E-state index contributed by atoms with van der Waals surface area (Å²) in [5.74, 6) is -0.357. The molecule has 0 spiro atoms. The van der Waals surface area contributed by atoms with E-state index >= 15 is 0 Å². The molecule has 158 valence electrons. The summed E-state index contributed by atoms with van der Waals surface area (Å²) in [7, 11) is -4.00. The second kappa shape index (κ2) is 9.44. The maximum Gasteiger partial charge on any atom is 0.434 e. The van der Waals surface area contributed by atoms with Crippen LogP contribution in [-0.2, 0) is 30.3 Å². The second-order valence-corrected chi connectivity index (χ2v) is 8.36. The smallest absolute Gasteiger partial charge is 0.390 e. The van der Waals surface area contributed by atoms with E-state index in [9.17, 15) is 18.5 Å². The summed E-state index contributed by atoms with van der Waals surface area (Å²) < 4.78 is 42.9. The minimum atomic E-state index is -4.00. The molecule has 10 nitrogen and oxygen atoms in total. The van der Waals surface area contributed by atoms with Crippen LogP contribution in [0.15, 0.2) is 41.6 Å². The standard InChI is InChI=1S/C18H23N3O7S/c1-14-5-7-16(8-6-14)29(24,25)27-13-15(28-17-4-2-3-11-26-17)12-20-10-9-19-18(20)21(22)23/h5-10,15,17H,2-4,11-13H2,1H3/t15-,17+/m0/s1. The first-order chi connectivity index (χ1) is 13.8. The fraction of sp³-hybridized carbons (Fsp3) is 0.500. The molecule has 0 amide bonds. The second-order valence-electron chi connectivity index (χ2n) is 6.74. The Morgan fingerprint density at radius 1 is 1.34 bits per heavy atom. The molecule has 0 radical (unpaired) electrons. The molecule has 2 aromatic rings. The van der Waals surface area contributed by atoms with E-state index in [1.165, 1.54) is 29.1 Å². The predicted octanol–water partition coefficient (Wildman–Crippen LogP) is 2.42. The molecule has 3 rings (SSSR count). The van der Waals surface area contributed by atoms with Crippen LogP contribution in [0.4, 0.5) is 5.95 Å². The van der Waals surface area contributed by atoms with E-state index in [0.29, 0.717) is 13.0 Å². The molecule has 29 heavy (non-hydrogen) atoms. The maximum absolute atomic E-state index is 12.5. The highest BCUT2D eigenvalue weighted by molar-refractivity contribution is 7.86. The number of benzene rings is 1. The molecule has 1 aliphatic heterocycles. The van der Waals surface area contributed by atoms with E-state index in [1.54, 1.807) is 12.1 Å². The molecule has 2 atom stereocenters. The first kappa shape index (κ1) is 21.4. The third-order valence-corrected chi connectivity index (χ3v) is 5.75. The van der Waals surface area contributed by atoms with E-state index in [2.05, 4.69) is 4.98 Å². The van der Waals surface area contributed by atoms with Crippen LogP contribution in [0.2, 0.25) is 0 Å². The van der Waals surface area contributed by atoms with Crippen molar-refractivity contribution in [1.29, 1.82) is 0 Å². The lowest BCUT2D eigenvalue weighted by Gasteiger charge is -2.27. The van der Waals surface area contributed by atoms with E-state index in [1.807, 2.05) is 6.92 Å². The predicted molar refractivity (Wildman–Crippen MR) is 102 cm³/mol. The summed E-state index contributed by atoms with van der Waals surface area (Å²) >= 11 is 0. The van der Waals surface area contributed by atoms with Crippen LogP contribution in [0.5, 0.6) is 0 Å². The summed E-state index contributed by atoms with van der Waals surface area (Å²) in [6.45, 7) is 2.08. The molecular weight excluding hydrogens is 402 g/mol. The molecule has 0 aliphatic carbocycles. The first-order valence-corrected chi connectivity index (χ1v) is 10.6. The zero-order valence-corrected chi connectivity index (χ0v) is 16.8. The molecule has 1 aromatic carbocycles. The van der Waals surface area contributed by atoms with Gasteiger partial charge in [-0.15, -0.1) is 0 Å². The number of rotatable bonds is 9. The Balaban J connectivity index is 1.72. The quantitative estimate of drug-likeness (QED) is 0.341. The van der Waals surface area contributed by atoms with Crippen molar-refractivity contribution >= 4 is 16.1 Å². The summed E-state index contributed by atoms with van der Waals surface area (Å²) in [6, 6.07) is 6.28. The van der Waals surface area contributed by atoms with E-state index in [-0.39, 0.29) is 24.0 Å². The van der Waals surface area contributed by atoms with Gasteiger partial charge in [-0.3, -0.25) is 4.18 Å². The normalized spacial score (nSPS) is 18.4. The zero-order chi connectivity index (χ0) is 20.9. The van der Waals surface area contributed by atoms with Crippen LogP contribution in [0.25, 0.3) is 0 Å². The van der Waals surface area contributed by atoms with Gasteiger partial charge in [-0.25, -0.2) is 4.57 Å². The van der Waals surface area contributed by atoms with Crippen molar-refractivity contribution in [1.82, 2.24) is 9.55 Å². The molecule has 0 bridgehead atoms. The zero-order valence-electron chi connectivity index (χ0n) is 16.0. The summed E-state index contributed by atoms with van der Waals surface area (Å²) in [6.07, 6.45) is 3.95. The molecule has 11 heteroatoms. The highest BCUT2D eigenvalue weighted by Gasteiger charge is 2.27. The van der Waals surface area contributed by atoms with Gasteiger partial charge >= 0.3 is 5.95 Å². The van der Waals surface area contributed by atoms with Gasteiger partial charge < -0.3 is 19.6 Å². The van der Waals surface area contributed by atoms with Crippen LogP contribution in [0.3, 0.4) is 0 Å². The number of aromatic nitrogens is 2. The van der Waals surface area contributed by atoms with Crippen molar-refractivity contribution in [2.45, 2.75) is 50.0 Å². The fourth-order valence-corrected chi connectivity index (χ4v) is 3.88. The van der Waals surface area contributed by atoms with E-state index in [0.717, 1.165) is 18.4 Å². The molecule has 0 unspecified atom stereocenters. The number of ether oxygens (including phenoxy) is 2. The van der Waals surface area contributed by atoms with Gasteiger partial charge in [-0.1, -0.05) is 22.7 Å². The van der Waals surface area contributed by atoms with E-state index < -0.39 is 27.4 Å². The Morgan fingerprint density at radius 3 is 2.76 bits per heavy atom. The fourth-order valence-electron chi connectivity index (χ4n) is 2.94. The van der Waals surface area contributed by atoms with Gasteiger partial charge in [0.15, 0.2) is 6.29 Å². The molecule has 1 aliphatic rings. The molecule has 1 aromatic heterocycles. The van der Waals surface area contributed by atoms with Crippen LogP contribution in [0, 0.1) is 17.0 Å². The topological polar surface area (TPSA) is 123 Å². The van der Waals surface area contributed by atoms with Crippen LogP contribution < -0.4 is 0 Å². The SMILES string of the molecule is Cc1ccc(S(=O)(=O)OC[C@H](Cn2ccnc2[N+](=O)[O-])O[C@@H]2CCCCO2)cc1. The Morgan fingerprint density at radius 2 is 2.10 bits per heavy atom. The molecular formula is C18H23N3O7S. The minimum Gasteiger partial charge on any atom is -0.390 e. The number of nitrogens with zero attached hydrogens (tertiary/aromatic N) is 3. The molecule has 2 heterocycles. The number of aryl methyl sites for hydroxylation is 1. The van der Waals surface area contributed by atoms with Crippen LogP contribution in [-0.4, -0.2) is 48.5 Å². The Labute approximate surface area is 168 Å². The van der Waals surface area contributed by atoms with Gasteiger partial charge in [0, 0.05) is 6.61 Å². The van der Waals surface area contributed by atoms with Crippen molar-refractivity contribution in [3.63, 3.8) is 0 Å². The lowest BCUT2D eigenvalue weighted by molar-refractivity contribution is -0.397. The lowest BCUT2D eigenvalue weighted by Crippen LogP contribution is -2.34. The number of hydrogen-bond donors (Lipinski definition) is 0. The molecule has 0 saturated carbocycles. The summed E-state index contributed by atoms with van der Waals surface area (Å²) in [5, 5.41) is 11.1. The summed E-state index contributed by atoms with van der Waals surface area (Å²) in [4.78, 5) is 14.2. The van der Waals surface area contributed by atoms with Gasteiger partial charge in [0.05, 0.1) is 11.5 Å². The third kappa shape index (κ3) is 5.82. The van der Waals surface area contributed by atoms with Crippen molar-refractivity contribution in [2.75, 3.05) is 13.2 Å². The molecule has 1 fully saturated rings. The Hall–Kier alpha value is -2.34. The highest BCUT2D eigenvalue weighted by Crippen LogP contribution is 2.20. The van der Waals surface area contributed by atoms with Gasteiger partial charge in [-0.2, -0.15) is 8.42 Å². The highest BCUT2D eigenvalue weighted by atomic mass is 32.2.